The van der Waals surface area contributed by atoms with Crippen LogP contribution in [-0.4, -0.2) is 45.5 Å². The van der Waals surface area contributed by atoms with Gasteiger partial charge < -0.3 is 10.0 Å². The van der Waals surface area contributed by atoms with Crippen molar-refractivity contribution >= 4 is 17.2 Å². The summed E-state index contributed by atoms with van der Waals surface area (Å²) in [5, 5.41) is 12.6. The van der Waals surface area contributed by atoms with Crippen LogP contribution in [0.1, 0.15) is 43.0 Å². The second-order valence-corrected chi connectivity index (χ2v) is 6.85. The van der Waals surface area contributed by atoms with Crippen molar-refractivity contribution in [3.05, 3.63) is 16.6 Å². The molecule has 1 saturated heterocycles. The van der Waals surface area contributed by atoms with Gasteiger partial charge in [0.2, 0.25) is 0 Å². The lowest BCUT2D eigenvalue weighted by Crippen LogP contribution is -2.62. The van der Waals surface area contributed by atoms with Crippen molar-refractivity contribution in [3.8, 4) is 0 Å². The van der Waals surface area contributed by atoms with Crippen molar-refractivity contribution in [3.63, 3.8) is 0 Å². The molecule has 1 aromatic heterocycles. The van der Waals surface area contributed by atoms with E-state index >= 15 is 0 Å². The van der Waals surface area contributed by atoms with E-state index in [-0.39, 0.29) is 25.3 Å². The average Bonchev–Trinajstić information content (AvgIpc) is 2.98. The lowest BCUT2D eigenvalue weighted by molar-refractivity contribution is -0.224. The van der Waals surface area contributed by atoms with Crippen molar-refractivity contribution in [2.45, 2.75) is 49.5 Å². The van der Waals surface area contributed by atoms with Crippen LogP contribution in [0.3, 0.4) is 0 Å². The summed E-state index contributed by atoms with van der Waals surface area (Å²) in [5.74, 6) is -4.89. The molecule has 1 saturated carbocycles. The third-order valence-electron chi connectivity index (χ3n) is 4.54. The number of amides is 1. The molecule has 0 aromatic carbocycles. The van der Waals surface area contributed by atoms with E-state index in [0.717, 1.165) is 11.4 Å². The highest BCUT2D eigenvalue weighted by Gasteiger charge is 2.62. The fourth-order valence-corrected chi connectivity index (χ4v) is 3.79. The van der Waals surface area contributed by atoms with Crippen LogP contribution >= 0.6 is 11.3 Å². The zero-order valence-corrected chi connectivity index (χ0v) is 12.4. The molecule has 2 aliphatic rings. The molecule has 1 aromatic rings. The van der Waals surface area contributed by atoms with Gasteiger partial charge in [-0.15, -0.1) is 11.3 Å². The minimum Gasteiger partial charge on any atom is -0.383 e. The first-order valence-electron chi connectivity index (χ1n) is 7.23. The van der Waals surface area contributed by atoms with Gasteiger partial charge in [-0.05, 0) is 32.1 Å². The molecule has 1 N–H and O–H groups in total. The van der Waals surface area contributed by atoms with Crippen molar-refractivity contribution in [1.29, 1.82) is 0 Å². The average molecular weight is 316 g/mol. The molecule has 21 heavy (non-hydrogen) atoms. The maximum atomic E-state index is 14.2. The van der Waals surface area contributed by atoms with E-state index in [4.69, 9.17) is 0 Å². The van der Waals surface area contributed by atoms with Gasteiger partial charge in [0.25, 0.3) is 5.91 Å². The van der Waals surface area contributed by atoms with Crippen LogP contribution in [-0.2, 0) is 4.79 Å². The number of aromatic nitrogens is 1. The number of carbonyl (C=O) groups excluding carboxylic acids is 1. The Morgan fingerprint density at radius 1 is 1.48 bits per heavy atom. The first kappa shape index (κ1) is 14.8. The second-order valence-electron chi connectivity index (χ2n) is 5.92. The highest BCUT2D eigenvalue weighted by Crippen LogP contribution is 2.45. The third kappa shape index (κ3) is 2.46. The van der Waals surface area contributed by atoms with Crippen LogP contribution in [0, 0.1) is 0 Å². The van der Waals surface area contributed by atoms with Crippen LogP contribution in [0.25, 0.3) is 0 Å². The number of halogens is 2. The number of hydrogen-bond donors (Lipinski definition) is 1. The molecule has 0 radical (unpaired) electrons. The summed E-state index contributed by atoms with van der Waals surface area (Å²) < 4.78 is 28.5. The Balaban J connectivity index is 1.72. The molecule has 1 unspecified atom stereocenters. The quantitative estimate of drug-likeness (QED) is 0.931. The predicted octanol–water partition coefficient (Wildman–Crippen LogP) is 2.40. The molecular formula is C14H18F2N2O2S. The van der Waals surface area contributed by atoms with Crippen molar-refractivity contribution in [2.75, 3.05) is 13.1 Å². The number of carbonyl (C=O) groups is 1. The van der Waals surface area contributed by atoms with Gasteiger partial charge in [-0.25, -0.2) is 4.98 Å². The zero-order chi connectivity index (χ0) is 15.1. The van der Waals surface area contributed by atoms with Crippen LogP contribution in [0.4, 0.5) is 8.78 Å². The molecule has 1 atom stereocenters. The molecule has 116 valence electrons. The smallest absolute Gasteiger partial charge is 0.352 e. The lowest BCUT2D eigenvalue weighted by atomic mass is 9.74. The SMILES string of the molecule is O=C(N1CCCC(c2nccs2)C1)C(F)(F)C1(O)CCC1. The van der Waals surface area contributed by atoms with E-state index in [1.54, 1.807) is 6.20 Å². The molecule has 2 fully saturated rings. The largest absolute Gasteiger partial charge is 0.383 e. The monoisotopic (exact) mass is 316 g/mol. The number of piperidine rings is 1. The van der Waals surface area contributed by atoms with Gasteiger partial charge in [0.15, 0.2) is 0 Å². The van der Waals surface area contributed by atoms with E-state index in [0.29, 0.717) is 19.4 Å². The van der Waals surface area contributed by atoms with E-state index in [9.17, 15) is 18.7 Å². The first-order chi connectivity index (χ1) is 9.94. The summed E-state index contributed by atoms with van der Waals surface area (Å²) >= 11 is 1.49. The van der Waals surface area contributed by atoms with Crippen LogP contribution < -0.4 is 0 Å². The maximum absolute atomic E-state index is 14.2. The van der Waals surface area contributed by atoms with Crippen molar-refractivity contribution in [1.82, 2.24) is 9.88 Å². The minimum absolute atomic E-state index is 0.00448. The molecule has 1 aliphatic carbocycles. The van der Waals surface area contributed by atoms with Crippen molar-refractivity contribution in [2.24, 2.45) is 0 Å². The summed E-state index contributed by atoms with van der Waals surface area (Å²) in [6.45, 7) is 0.588. The third-order valence-corrected chi connectivity index (χ3v) is 5.48. The number of rotatable bonds is 3. The Morgan fingerprint density at radius 2 is 2.24 bits per heavy atom. The molecule has 0 bridgehead atoms. The molecule has 1 amide bonds. The van der Waals surface area contributed by atoms with Crippen LogP contribution in [0.5, 0.6) is 0 Å². The Kier molecular flexibility index (Phi) is 3.73. The number of nitrogens with zero attached hydrogens (tertiary/aromatic N) is 2. The van der Waals surface area contributed by atoms with Gasteiger partial charge in [-0.1, -0.05) is 0 Å². The van der Waals surface area contributed by atoms with Gasteiger partial charge in [-0.3, -0.25) is 4.79 Å². The summed E-state index contributed by atoms with van der Waals surface area (Å²) in [6, 6.07) is 0. The number of thiazole rings is 1. The molecule has 0 spiro atoms. The summed E-state index contributed by atoms with van der Waals surface area (Å²) in [7, 11) is 0. The maximum Gasteiger partial charge on any atom is 0.352 e. The number of aliphatic hydroxyl groups is 1. The Morgan fingerprint density at radius 3 is 2.81 bits per heavy atom. The van der Waals surface area contributed by atoms with Gasteiger partial charge in [-0.2, -0.15) is 8.78 Å². The molecule has 4 nitrogen and oxygen atoms in total. The van der Waals surface area contributed by atoms with E-state index in [1.165, 1.54) is 16.2 Å². The summed E-state index contributed by atoms with van der Waals surface area (Å²) in [6.07, 6.45) is 3.76. The standard InChI is InChI=1S/C14H18F2N2O2S/c15-14(16,13(20)4-2-5-13)12(19)18-7-1-3-10(9-18)11-17-6-8-21-11/h6,8,10,20H,1-5,7,9H2. The number of hydrogen-bond acceptors (Lipinski definition) is 4. The molecule has 3 rings (SSSR count). The lowest BCUT2D eigenvalue weighted by Gasteiger charge is -2.44. The second kappa shape index (κ2) is 5.28. The summed E-state index contributed by atoms with van der Waals surface area (Å²) in [5.41, 5.74) is -2.14. The van der Waals surface area contributed by atoms with E-state index in [2.05, 4.69) is 4.98 Å². The Bertz CT molecular complexity index is 517. The zero-order valence-electron chi connectivity index (χ0n) is 11.6. The molecule has 2 heterocycles. The number of likely N-dealkylation sites (tertiary alicyclic amines) is 1. The van der Waals surface area contributed by atoms with Gasteiger partial charge >= 0.3 is 5.92 Å². The van der Waals surface area contributed by atoms with Gasteiger partial charge in [0, 0.05) is 30.6 Å². The van der Waals surface area contributed by atoms with E-state index < -0.39 is 17.4 Å². The fourth-order valence-electron chi connectivity index (χ4n) is 3.02. The van der Waals surface area contributed by atoms with E-state index in [1.807, 2.05) is 5.38 Å². The van der Waals surface area contributed by atoms with Gasteiger partial charge in [0.1, 0.15) is 5.60 Å². The number of alkyl halides is 2. The normalized spacial score (nSPS) is 25.5. The fraction of sp³-hybridized carbons (Fsp3) is 0.714. The first-order valence-corrected chi connectivity index (χ1v) is 8.11. The van der Waals surface area contributed by atoms with Gasteiger partial charge in [0.05, 0.1) is 5.01 Å². The predicted molar refractivity (Wildman–Crippen MR) is 74.4 cm³/mol. The van der Waals surface area contributed by atoms with Crippen molar-refractivity contribution < 1.29 is 18.7 Å². The molecule has 7 heteroatoms. The Labute approximate surface area is 125 Å². The minimum atomic E-state index is -3.68. The van der Waals surface area contributed by atoms with Crippen LogP contribution in [0.2, 0.25) is 0 Å². The Hall–Kier alpha value is -1.08. The summed E-state index contributed by atoms with van der Waals surface area (Å²) in [4.78, 5) is 17.6. The highest BCUT2D eigenvalue weighted by atomic mass is 32.1. The molecule has 1 aliphatic heterocycles. The topological polar surface area (TPSA) is 53.4 Å². The van der Waals surface area contributed by atoms with Crippen LogP contribution in [0.15, 0.2) is 11.6 Å². The highest BCUT2D eigenvalue weighted by molar-refractivity contribution is 7.09. The molecular weight excluding hydrogens is 298 g/mol.